The Morgan fingerprint density at radius 1 is 1.57 bits per heavy atom. The van der Waals surface area contributed by atoms with Gasteiger partial charge >= 0.3 is 5.69 Å². The monoisotopic (exact) mass is 318 g/mol. The average Bonchev–Trinajstić information content (AvgIpc) is 3.21. The molecule has 0 aliphatic carbocycles. The molecule has 1 unspecified atom stereocenters. The van der Waals surface area contributed by atoms with Gasteiger partial charge in [0.05, 0.1) is 13.2 Å². The molecule has 8 heteroatoms. The maximum atomic E-state index is 12.5. The molecule has 1 fully saturated rings. The molecule has 1 amide bonds. The Morgan fingerprint density at radius 3 is 3.17 bits per heavy atom. The summed E-state index contributed by atoms with van der Waals surface area (Å²) >= 11 is 0. The first-order chi connectivity index (χ1) is 11.2. The summed E-state index contributed by atoms with van der Waals surface area (Å²) in [5, 5.41) is 3.71. The van der Waals surface area contributed by atoms with Gasteiger partial charge in [-0.15, -0.1) is 0 Å². The van der Waals surface area contributed by atoms with Crippen LogP contribution in [-0.4, -0.2) is 39.6 Å². The number of hydrogen-bond donors (Lipinski definition) is 1. The van der Waals surface area contributed by atoms with Crippen molar-refractivity contribution in [3.05, 3.63) is 40.3 Å². The van der Waals surface area contributed by atoms with E-state index in [0.717, 1.165) is 18.5 Å². The van der Waals surface area contributed by atoms with Crippen LogP contribution in [0.5, 0.6) is 5.88 Å². The highest BCUT2D eigenvalue weighted by Crippen LogP contribution is 2.30. The van der Waals surface area contributed by atoms with Gasteiger partial charge in [0.25, 0.3) is 5.88 Å². The second-order valence-electron chi connectivity index (χ2n) is 5.41. The van der Waals surface area contributed by atoms with Crippen LogP contribution in [0.4, 0.5) is 0 Å². The summed E-state index contributed by atoms with van der Waals surface area (Å²) in [5.41, 5.74) is 0.340. The van der Waals surface area contributed by atoms with Gasteiger partial charge in [0.2, 0.25) is 5.91 Å². The van der Waals surface area contributed by atoms with E-state index in [1.165, 1.54) is 13.3 Å². The minimum atomic E-state index is -0.393. The molecule has 3 heterocycles. The van der Waals surface area contributed by atoms with Crippen molar-refractivity contribution < 1.29 is 14.1 Å². The predicted molar refractivity (Wildman–Crippen MR) is 79.9 cm³/mol. The summed E-state index contributed by atoms with van der Waals surface area (Å²) in [7, 11) is 1.51. The fraction of sp³-hybridized carbons (Fsp3) is 0.467. The summed E-state index contributed by atoms with van der Waals surface area (Å²) in [6, 6.07) is 3.33. The molecule has 0 radical (unpaired) electrons. The Labute approximate surface area is 132 Å². The van der Waals surface area contributed by atoms with Gasteiger partial charge in [0.15, 0.2) is 0 Å². The molecule has 2 aromatic heterocycles. The van der Waals surface area contributed by atoms with E-state index in [4.69, 9.17) is 9.26 Å². The second-order valence-corrected chi connectivity index (χ2v) is 5.41. The van der Waals surface area contributed by atoms with Crippen molar-refractivity contribution in [1.29, 1.82) is 0 Å². The average molecular weight is 318 g/mol. The van der Waals surface area contributed by atoms with Crippen LogP contribution < -0.4 is 10.4 Å². The standard InChI is InChI=1S/C15H18N4O4/c1-22-13-9-10(23-18-13)4-5-14(20)19-8-2-3-12(19)11-6-7-16-15(21)17-11/h6-7,9,12H,2-5,8H2,1H3,(H,16,17,21). The Bertz CT molecular complexity index is 739. The number of aromatic amines is 1. The Hall–Kier alpha value is -2.64. The van der Waals surface area contributed by atoms with E-state index in [1.807, 2.05) is 0 Å². The maximum Gasteiger partial charge on any atom is 0.345 e. The van der Waals surface area contributed by atoms with Crippen LogP contribution >= 0.6 is 0 Å². The van der Waals surface area contributed by atoms with Crippen molar-refractivity contribution in [2.24, 2.45) is 0 Å². The van der Waals surface area contributed by atoms with E-state index in [-0.39, 0.29) is 11.9 Å². The van der Waals surface area contributed by atoms with Gasteiger partial charge in [-0.2, -0.15) is 0 Å². The third kappa shape index (κ3) is 3.41. The van der Waals surface area contributed by atoms with Crippen LogP contribution in [0.2, 0.25) is 0 Å². The Morgan fingerprint density at radius 2 is 2.43 bits per heavy atom. The Kier molecular flexibility index (Phi) is 4.40. The number of hydrogen-bond acceptors (Lipinski definition) is 6. The molecular formula is C15H18N4O4. The zero-order valence-electron chi connectivity index (χ0n) is 12.8. The second kappa shape index (κ2) is 6.64. The number of rotatable bonds is 5. The SMILES string of the molecule is COc1cc(CCC(=O)N2CCCC2c2ccnc(=O)[nH]2)on1. The van der Waals surface area contributed by atoms with Gasteiger partial charge in [-0.25, -0.2) is 9.78 Å². The smallest absolute Gasteiger partial charge is 0.345 e. The van der Waals surface area contributed by atoms with Crippen LogP contribution in [0.1, 0.15) is 36.8 Å². The number of ether oxygens (including phenoxy) is 1. The molecule has 0 bridgehead atoms. The van der Waals surface area contributed by atoms with E-state index in [2.05, 4.69) is 15.1 Å². The van der Waals surface area contributed by atoms with Crippen LogP contribution in [0.3, 0.4) is 0 Å². The topological polar surface area (TPSA) is 101 Å². The maximum absolute atomic E-state index is 12.5. The van der Waals surface area contributed by atoms with E-state index in [9.17, 15) is 9.59 Å². The quantitative estimate of drug-likeness (QED) is 0.884. The minimum absolute atomic E-state index is 0.0283. The van der Waals surface area contributed by atoms with Crippen LogP contribution in [0, 0.1) is 0 Å². The molecule has 0 spiro atoms. The normalized spacial score (nSPS) is 17.4. The number of aromatic nitrogens is 3. The van der Waals surface area contributed by atoms with E-state index in [0.29, 0.717) is 31.0 Å². The molecule has 122 valence electrons. The van der Waals surface area contributed by atoms with Crippen molar-refractivity contribution in [2.75, 3.05) is 13.7 Å². The summed E-state index contributed by atoms with van der Waals surface area (Å²) in [4.78, 5) is 32.0. The third-order valence-corrected chi connectivity index (χ3v) is 3.96. The first kappa shape index (κ1) is 15.3. The first-order valence-electron chi connectivity index (χ1n) is 7.51. The van der Waals surface area contributed by atoms with Gasteiger partial charge in [-0.05, 0) is 24.1 Å². The molecule has 8 nitrogen and oxygen atoms in total. The highest BCUT2D eigenvalue weighted by molar-refractivity contribution is 5.77. The summed E-state index contributed by atoms with van der Waals surface area (Å²) in [6.45, 7) is 0.688. The molecule has 0 aromatic carbocycles. The number of likely N-dealkylation sites (tertiary alicyclic amines) is 1. The van der Waals surface area contributed by atoms with Gasteiger partial charge in [0, 0.05) is 37.3 Å². The lowest BCUT2D eigenvalue weighted by atomic mass is 10.1. The molecule has 1 aliphatic heterocycles. The molecule has 3 rings (SSSR count). The molecule has 1 atom stereocenters. The molecule has 1 saturated heterocycles. The lowest BCUT2D eigenvalue weighted by Gasteiger charge is -2.24. The minimum Gasteiger partial charge on any atom is -0.479 e. The number of aryl methyl sites for hydroxylation is 1. The number of nitrogens with zero attached hydrogens (tertiary/aromatic N) is 3. The van der Waals surface area contributed by atoms with Crippen molar-refractivity contribution >= 4 is 5.91 Å². The zero-order valence-corrected chi connectivity index (χ0v) is 12.8. The van der Waals surface area contributed by atoms with Gasteiger partial charge < -0.3 is 19.1 Å². The fourth-order valence-corrected chi connectivity index (χ4v) is 2.85. The van der Waals surface area contributed by atoms with Gasteiger partial charge in [-0.3, -0.25) is 4.79 Å². The number of H-pyrrole nitrogens is 1. The largest absolute Gasteiger partial charge is 0.479 e. The predicted octanol–water partition coefficient (Wildman–Crippen LogP) is 1.06. The first-order valence-corrected chi connectivity index (χ1v) is 7.51. The summed E-state index contributed by atoms with van der Waals surface area (Å²) < 4.78 is 10.0. The van der Waals surface area contributed by atoms with E-state index >= 15 is 0 Å². The van der Waals surface area contributed by atoms with Crippen LogP contribution in [-0.2, 0) is 11.2 Å². The lowest BCUT2D eigenvalue weighted by molar-refractivity contribution is -0.132. The van der Waals surface area contributed by atoms with E-state index < -0.39 is 5.69 Å². The van der Waals surface area contributed by atoms with Crippen molar-refractivity contribution in [2.45, 2.75) is 31.7 Å². The highest BCUT2D eigenvalue weighted by atomic mass is 16.5. The van der Waals surface area contributed by atoms with Crippen molar-refractivity contribution in [3.63, 3.8) is 0 Å². The number of nitrogens with one attached hydrogen (secondary N) is 1. The molecule has 2 aromatic rings. The van der Waals surface area contributed by atoms with Gasteiger partial charge in [-0.1, -0.05) is 0 Å². The fourth-order valence-electron chi connectivity index (χ4n) is 2.85. The molecule has 1 aliphatic rings. The lowest BCUT2D eigenvalue weighted by Crippen LogP contribution is -2.32. The number of amides is 1. The van der Waals surface area contributed by atoms with Crippen LogP contribution in [0.25, 0.3) is 0 Å². The highest BCUT2D eigenvalue weighted by Gasteiger charge is 2.30. The number of methoxy groups -OCH3 is 1. The third-order valence-electron chi connectivity index (χ3n) is 3.96. The molecule has 1 N–H and O–H groups in total. The summed E-state index contributed by atoms with van der Waals surface area (Å²) in [5.74, 6) is 1.05. The number of carbonyl (C=O) groups is 1. The molecule has 0 saturated carbocycles. The van der Waals surface area contributed by atoms with Crippen molar-refractivity contribution in [3.8, 4) is 5.88 Å². The van der Waals surface area contributed by atoms with Crippen molar-refractivity contribution in [1.82, 2.24) is 20.0 Å². The summed E-state index contributed by atoms with van der Waals surface area (Å²) in [6.07, 6.45) is 4.00. The number of carbonyl (C=O) groups excluding carboxylic acids is 1. The van der Waals surface area contributed by atoms with E-state index in [1.54, 1.807) is 17.0 Å². The molecule has 23 heavy (non-hydrogen) atoms. The molecular weight excluding hydrogens is 300 g/mol. The zero-order chi connectivity index (χ0) is 16.2. The van der Waals surface area contributed by atoms with Crippen LogP contribution in [0.15, 0.2) is 27.6 Å². The van der Waals surface area contributed by atoms with Gasteiger partial charge in [0.1, 0.15) is 5.76 Å². The Balaban J connectivity index is 1.65.